The molecule has 2 aromatic carbocycles. The summed E-state index contributed by atoms with van der Waals surface area (Å²) in [6, 6.07) is 15.4. The molecule has 0 unspecified atom stereocenters. The van der Waals surface area contributed by atoms with Gasteiger partial charge in [-0.25, -0.2) is 4.98 Å². The third-order valence-corrected chi connectivity index (χ3v) is 4.56. The Bertz CT molecular complexity index is 909. The fourth-order valence-electron chi connectivity index (χ4n) is 3.01. The molecule has 0 atom stereocenters. The fraction of sp³-hybridized carbons (Fsp3) is 0.333. The van der Waals surface area contributed by atoms with Crippen LogP contribution in [-0.4, -0.2) is 42.3 Å². The molecule has 1 N–H and O–H groups in total. The van der Waals surface area contributed by atoms with Crippen LogP contribution in [0.5, 0.6) is 5.75 Å². The maximum absolute atomic E-state index is 11.5. The van der Waals surface area contributed by atoms with Gasteiger partial charge >= 0.3 is 0 Å². The van der Waals surface area contributed by atoms with E-state index in [1.807, 2.05) is 42.5 Å². The van der Waals surface area contributed by atoms with Gasteiger partial charge in [-0.15, -0.1) is 0 Å². The fourth-order valence-corrected chi connectivity index (χ4v) is 3.13. The monoisotopic (exact) mass is 401 g/mol. The van der Waals surface area contributed by atoms with Crippen molar-refractivity contribution in [2.24, 2.45) is 0 Å². The molecule has 0 bridgehead atoms. The number of methoxy groups -OCH3 is 1. The van der Waals surface area contributed by atoms with Gasteiger partial charge in [0.05, 0.1) is 17.6 Å². The van der Waals surface area contributed by atoms with Gasteiger partial charge in [-0.2, -0.15) is 0 Å². The summed E-state index contributed by atoms with van der Waals surface area (Å²) in [4.78, 5) is 16.2. The molecule has 0 spiro atoms. The summed E-state index contributed by atoms with van der Waals surface area (Å²) in [5.74, 6) is 1.67. The van der Waals surface area contributed by atoms with E-state index < -0.39 is 0 Å². The smallest absolute Gasteiger partial charge is 0.245 e. The number of benzene rings is 2. The van der Waals surface area contributed by atoms with Crippen molar-refractivity contribution < 1.29 is 14.3 Å². The molecule has 148 valence electrons. The second-order valence-electron chi connectivity index (χ2n) is 6.36. The van der Waals surface area contributed by atoms with Crippen LogP contribution in [0.15, 0.2) is 48.5 Å². The average Bonchev–Trinajstić information content (AvgIpc) is 3.05. The van der Waals surface area contributed by atoms with Gasteiger partial charge in [0, 0.05) is 25.1 Å². The van der Waals surface area contributed by atoms with Crippen LogP contribution in [0.25, 0.3) is 11.0 Å². The van der Waals surface area contributed by atoms with Gasteiger partial charge in [-0.05, 0) is 42.8 Å². The lowest BCUT2D eigenvalue weighted by molar-refractivity contribution is -0.124. The van der Waals surface area contributed by atoms with Crippen LogP contribution in [0.3, 0.4) is 0 Å². The normalized spacial score (nSPS) is 10.9. The maximum atomic E-state index is 11.5. The van der Waals surface area contributed by atoms with Crippen molar-refractivity contribution in [1.82, 2.24) is 14.9 Å². The zero-order valence-electron chi connectivity index (χ0n) is 15.9. The Morgan fingerprint density at radius 2 is 1.96 bits per heavy atom. The number of para-hydroxylation sites is 2. The van der Waals surface area contributed by atoms with Gasteiger partial charge in [0.15, 0.2) is 0 Å². The third-order valence-electron chi connectivity index (χ3n) is 4.31. The zero-order valence-corrected chi connectivity index (χ0v) is 16.6. The quantitative estimate of drug-likeness (QED) is 0.528. The number of carbonyl (C=O) groups excluding carboxylic acids is 1. The highest BCUT2D eigenvalue weighted by Gasteiger charge is 2.10. The largest absolute Gasteiger partial charge is 0.492 e. The zero-order chi connectivity index (χ0) is 19.8. The summed E-state index contributed by atoms with van der Waals surface area (Å²) >= 11 is 5.91. The molecule has 0 fully saturated rings. The first-order chi connectivity index (χ1) is 13.7. The Kier molecular flexibility index (Phi) is 7.28. The van der Waals surface area contributed by atoms with E-state index in [2.05, 4.69) is 16.0 Å². The number of halogens is 1. The Morgan fingerprint density at radius 1 is 1.18 bits per heavy atom. The van der Waals surface area contributed by atoms with Crippen LogP contribution >= 0.6 is 11.6 Å². The lowest BCUT2D eigenvalue weighted by Crippen LogP contribution is -2.28. The number of rotatable bonds is 10. The van der Waals surface area contributed by atoms with Gasteiger partial charge in [0.2, 0.25) is 5.91 Å². The number of nitrogens with zero attached hydrogens (tertiary/aromatic N) is 2. The molecule has 7 heteroatoms. The van der Waals surface area contributed by atoms with Crippen LogP contribution in [0, 0.1) is 0 Å². The molecule has 3 aromatic rings. The topological polar surface area (TPSA) is 65.4 Å². The standard InChI is InChI=1S/C21H24ClN3O3/c1-27-15-21(26)23-12-4-7-20-24-18-5-2-3-6-19(18)25(20)13-14-28-17-10-8-16(22)9-11-17/h2-3,5-6,8-11H,4,7,12-15H2,1H3,(H,23,26). The van der Waals surface area contributed by atoms with Gasteiger partial charge in [-0.1, -0.05) is 23.7 Å². The highest BCUT2D eigenvalue weighted by atomic mass is 35.5. The Hall–Kier alpha value is -2.57. The number of nitrogens with one attached hydrogen (secondary N) is 1. The predicted molar refractivity (Wildman–Crippen MR) is 110 cm³/mol. The Labute approximate surface area is 169 Å². The number of amides is 1. The highest BCUT2D eigenvalue weighted by Crippen LogP contribution is 2.18. The maximum Gasteiger partial charge on any atom is 0.245 e. The number of aryl methyl sites for hydroxylation is 1. The average molecular weight is 402 g/mol. The summed E-state index contributed by atoms with van der Waals surface area (Å²) < 4.78 is 12.8. The van der Waals surface area contributed by atoms with E-state index >= 15 is 0 Å². The van der Waals surface area contributed by atoms with Crippen molar-refractivity contribution in [1.29, 1.82) is 0 Å². The number of ether oxygens (including phenoxy) is 2. The minimum absolute atomic E-state index is 0.0839. The van der Waals surface area contributed by atoms with Crippen LogP contribution in [-0.2, 0) is 22.5 Å². The van der Waals surface area contributed by atoms with Gasteiger partial charge in [-0.3, -0.25) is 4.79 Å². The van der Waals surface area contributed by atoms with E-state index in [9.17, 15) is 4.79 Å². The molecular weight excluding hydrogens is 378 g/mol. The second-order valence-corrected chi connectivity index (χ2v) is 6.79. The molecule has 1 amide bonds. The number of aromatic nitrogens is 2. The van der Waals surface area contributed by atoms with Crippen molar-refractivity contribution in [3.63, 3.8) is 0 Å². The van der Waals surface area contributed by atoms with Crippen molar-refractivity contribution in [3.05, 3.63) is 59.4 Å². The van der Waals surface area contributed by atoms with Gasteiger partial charge in [0.25, 0.3) is 0 Å². The van der Waals surface area contributed by atoms with Crippen LogP contribution in [0.1, 0.15) is 12.2 Å². The van der Waals surface area contributed by atoms with Crippen LogP contribution in [0.4, 0.5) is 0 Å². The molecule has 28 heavy (non-hydrogen) atoms. The minimum atomic E-state index is -0.104. The molecule has 1 aromatic heterocycles. The number of hydrogen-bond donors (Lipinski definition) is 1. The van der Waals surface area contributed by atoms with Crippen molar-refractivity contribution >= 4 is 28.5 Å². The van der Waals surface area contributed by atoms with E-state index in [-0.39, 0.29) is 12.5 Å². The van der Waals surface area contributed by atoms with Gasteiger partial charge < -0.3 is 19.4 Å². The first-order valence-corrected chi connectivity index (χ1v) is 9.63. The number of fused-ring (bicyclic) bond motifs is 1. The molecule has 0 saturated carbocycles. The SMILES string of the molecule is COCC(=O)NCCCc1nc2ccccc2n1CCOc1ccc(Cl)cc1. The lowest BCUT2D eigenvalue weighted by Gasteiger charge is -2.11. The molecule has 1 heterocycles. The summed E-state index contributed by atoms with van der Waals surface area (Å²) in [6.07, 6.45) is 1.57. The lowest BCUT2D eigenvalue weighted by atomic mass is 10.3. The Morgan fingerprint density at radius 3 is 2.75 bits per heavy atom. The molecule has 0 aliphatic carbocycles. The first-order valence-electron chi connectivity index (χ1n) is 9.25. The van der Waals surface area contributed by atoms with Crippen molar-refractivity contribution in [3.8, 4) is 5.75 Å². The van der Waals surface area contributed by atoms with Crippen LogP contribution < -0.4 is 10.1 Å². The molecule has 0 radical (unpaired) electrons. The number of imidazole rings is 1. The summed E-state index contributed by atoms with van der Waals surface area (Å²) in [7, 11) is 1.51. The summed E-state index contributed by atoms with van der Waals surface area (Å²) in [5.41, 5.74) is 2.05. The third kappa shape index (κ3) is 5.47. The van der Waals surface area contributed by atoms with Crippen molar-refractivity contribution in [2.75, 3.05) is 26.9 Å². The summed E-state index contributed by atoms with van der Waals surface area (Å²) in [6.45, 7) is 1.89. The second kappa shape index (κ2) is 10.1. The molecule has 0 saturated heterocycles. The Balaban J connectivity index is 1.61. The van der Waals surface area contributed by atoms with E-state index in [0.29, 0.717) is 24.7 Å². The van der Waals surface area contributed by atoms with Crippen molar-refractivity contribution in [2.45, 2.75) is 19.4 Å². The predicted octanol–water partition coefficient (Wildman–Crippen LogP) is 3.46. The van der Waals surface area contributed by atoms with E-state index in [0.717, 1.165) is 35.4 Å². The minimum Gasteiger partial charge on any atom is -0.492 e. The number of hydrogen-bond acceptors (Lipinski definition) is 4. The summed E-state index contributed by atoms with van der Waals surface area (Å²) in [5, 5.41) is 3.53. The molecule has 6 nitrogen and oxygen atoms in total. The number of carbonyl (C=O) groups is 1. The molecular formula is C21H24ClN3O3. The molecule has 3 rings (SSSR count). The first kappa shape index (κ1) is 20.2. The molecule has 0 aliphatic heterocycles. The van der Waals surface area contributed by atoms with Crippen LogP contribution in [0.2, 0.25) is 5.02 Å². The van der Waals surface area contributed by atoms with E-state index in [1.165, 1.54) is 7.11 Å². The highest BCUT2D eigenvalue weighted by molar-refractivity contribution is 6.30. The van der Waals surface area contributed by atoms with Gasteiger partial charge in [0.1, 0.15) is 24.8 Å². The molecule has 0 aliphatic rings. The van der Waals surface area contributed by atoms with E-state index in [4.69, 9.17) is 26.1 Å². The van der Waals surface area contributed by atoms with E-state index in [1.54, 1.807) is 0 Å².